The quantitative estimate of drug-likeness (QED) is 0.481. The number of rotatable bonds is 4. The molecule has 0 aliphatic carbocycles. The van der Waals surface area contributed by atoms with Gasteiger partial charge in [-0.25, -0.2) is 14.6 Å². The molecule has 3 N–H and O–H groups in total. The third kappa shape index (κ3) is 6.40. The molecule has 1 aromatic heterocycles. The highest BCUT2D eigenvalue weighted by Crippen LogP contribution is 2.29. The predicted molar refractivity (Wildman–Crippen MR) is 128 cm³/mol. The lowest BCUT2D eigenvalue weighted by Crippen LogP contribution is -2.50. The number of urea groups is 2. The fourth-order valence-corrected chi connectivity index (χ4v) is 3.57. The van der Waals surface area contributed by atoms with Gasteiger partial charge >= 0.3 is 18.2 Å². The van der Waals surface area contributed by atoms with Crippen LogP contribution in [-0.4, -0.2) is 48.1 Å². The first-order valence-corrected chi connectivity index (χ1v) is 10.9. The molecule has 1 aliphatic rings. The summed E-state index contributed by atoms with van der Waals surface area (Å²) < 4.78 is 38.2. The van der Waals surface area contributed by atoms with Crippen LogP contribution in [0.2, 0.25) is 0 Å². The number of para-hydroxylation sites is 1. The van der Waals surface area contributed by atoms with Gasteiger partial charge in [0, 0.05) is 49.4 Å². The van der Waals surface area contributed by atoms with Crippen LogP contribution in [0.25, 0.3) is 0 Å². The number of alkyl halides is 3. The van der Waals surface area contributed by atoms with Gasteiger partial charge < -0.3 is 25.8 Å². The molecule has 0 radical (unpaired) electrons. The molecular formula is C24H23F3N6O2. The van der Waals surface area contributed by atoms with E-state index in [-0.39, 0.29) is 6.03 Å². The first kappa shape index (κ1) is 23.9. The molecule has 1 fully saturated rings. The summed E-state index contributed by atoms with van der Waals surface area (Å²) in [7, 11) is 0. The molecule has 0 spiro atoms. The van der Waals surface area contributed by atoms with Crippen molar-refractivity contribution in [2.75, 3.05) is 47.0 Å². The Morgan fingerprint density at radius 3 is 2.03 bits per heavy atom. The Bertz CT molecular complexity index is 1160. The number of carbonyl (C=O) groups excluding carboxylic acids is 2. The van der Waals surface area contributed by atoms with E-state index in [4.69, 9.17) is 0 Å². The summed E-state index contributed by atoms with van der Waals surface area (Å²) in [5, 5.41) is 8.25. The van der Waals surface area contributed by atoms with E-state index in [0.717, 1.165) is 12.3 Å². The number of anilines is 4. The van der Waals surface area contributed by atoms with Gasteiger partial charge in [0.2, 0.25) is 0 Å². The number of carbonyl (C=O) groups is 2. The third-order valence-corrected chi connectivity index (χ3v) is 5.37. The highest BCUT2D eigenvalue weighted by molar-refractivity contribution is 6.00. The Morgan fingerprint density at radius 2 is 1.40 bits per heavy atom. The van der Waals surface area contributed by atoms with Crippen molar-refractivity contribution in [3.05, 3.63) is 78.5 Å². The molecule has 1 saturated heterocycles. The number of nitrogens with zero attached hydrogens (tertiary/aromatic N) is 3. The molecular weight excluding hydrogens is 461 g/mol. The maximum atomic E-state index is 12.7. The molecule has 0 atom stereocenters. The van der Waals surface area contributed by atoms with Crippen molar-refractivity contribution in [2.45, 2.75) is 6.18 Å². The molecule has 1 aliphatic heterocycles. The number of amides is 4. The largest absolute Gasteiger partial charge is 0.417 e. The van der Waals surface area contributed by atoms with Crippen LogP contribution in [0, 0.1) is 0 Å². The number of piperazine rings is 1. The molecule has 0 saturated carbocycles. The second kappa shape index (κ2) is 10.3. The van der Waals surface area contributed by atoms with Crippen LogP contribution in [-0.2, 0) is 6.18 Å². The normalized spacial score (nSPS) is 13.8. The number of hydrogen-bond acceptors (Lipinski definition) is 4. The summed E-state index contributed by atoms with van der Waals surface area (Å²) in [4.78, 5) is 32.3. The summed E-state index contributed by atoms with van der Waals surface area (Å²) in [5.41, 5.74) is 0.877. The van der Waals surface area contributed by atoms with E-state index in [2.05, 4.69) is 20.9 Å². The van der Waals surface area contributed by atoms with Gasteiger partial charge in [-0.1, -0.05) is 24.3 Å². The minimum atomic E-state index is -4.43. The Kier molecular flexibility index (Phi) is 7.04. The SMILES string of the molecule is O=C(Nc1ccccc1)Nc1cccc(NC(=O)N2CCN(c3ccc(C(F)(F)F)cn3)CC2)c1. The summed E-state index contributed by atoms with van der Waals surface area (Å²) in [6.45, 7) is 1.64. The van der Waals surface area contributed by atoms with Crippen LogP contribution < -0.4 is 20.9 Å². The molecule has 0 bridgehead atoms. The standard InChI is InChI=1S/C24H23F3N6O2/c25-24(26,27)17-9-10-21(28-16-17)32-11-13-33(14-12-32)23(35)31-20-8-4-7-19(15-20)30-22(34)29-18-5-2-1-3-6-18/h1-10,15-16H,11-14H2,(H,31,35)(H2,29,30,34). The molecule has 35 heavy (non-hydrogen) atoms. The topological polar surface area (TPSA) is 89.6 Å². The van der Waals surface area contributed by atoms with Gasteiger partial charge in [-0.2, -0.15) is 13.2 Å². The van der Waals surface area contributed by atoms with Crippen LogP contribution in [0.15, 0.2) is 72.9 Å². The zero-order valence-corrected chi connectivity index (χ0v) is 18.5. The highest BCUT2D eigenvalue weighted by atomic mass is 19.4. The van der Waals surface area contributed by atoms with Gasteiger partial charge in [0.05, 0.1) is 5.56 Å². The Balaban J connectivity index is 1.28. The van der Waals surface area contributed by atoms with E-state index in [1.807, 2.05) is 23.1 Å². The van der Waals surface area contributed by atoms with Crippen molar-refractivity contribution < 1.29 is 22.8 Å². The van der Waals surface area contributed by atoms with E-state index in [1.54, 1.807) is 41.3 Å². The predicted octanol–water partition coefficient (Wildman–Crippen LogP) is 5.10. The van der Waals surface area contributed by atoms with Crippen LogP contribution in [0.1, 0.15) is 5.56 Å². The van der Waals surface area contributed by atoms with Gasteiger partial charge in [-0.05, 0) is 42.5 Å². The van der Waals surface area contributed by atoms with Crippen molar-refractivity contribution in [3.8, 4) is 0 Å². The van der Waals surface area contributed by atoms with Gasteiger partial charge in [-0.3, -0.25) is 0 Å². The monoisotopic (exact) mass is 484 g/mol. The lowest BCUT2D eigenvalue weighted by Gasteiger charge is -2.35. The Labute approximate surface area is 199 Å². The Morgan fingerprint density at radius 1 is 0.771 bits per heavy atom. The fourth-order valence-electron chi connectivity index (χ4n) is 3.57. The highest BCUT2D eigenvalue weighted by Gasteiger charge is 2.31. The maximum Gasteiger partial charge on any atom is 0.417 e. The lowest BCUT2D eigenvalue weighted by atomic mass is 10.2. The van der Waals surface area contributed by atoms with Gasteiger partial charge in [0.1, 0.15) is 5.82 Å². The average Bonchev–Trinajstić information content (AvgIpc) is 2.84. The second-order valence-electron chi connectivity index (χ2n) is 7.83. The molecule has 182 valence electrons. The van der Waals surface area contributed by atoms with Crippen molar-refractivity contribution in [1.29, 1.82) is 0 Å². The number of nitrogens with one attached hydrogen (secondary N) is 3. The molecule has 3 aromatic rings. The maximum absolute atomic E-state index is 12.7. The summed E-state index contributed by atoms with van der Waals surface area (Å²) >= 11 is 0. The number of aromatic nitrogens is 1. The van der Waals surface area contributed by atoms with Crippen LogP contribution in [0.4, 0.5) is 45.6 Å². The van der Waals surface area contributed by atoms with E-state index >= 15 is 0 Å². The number of hydrogen-bond donors (Lipinski definition) is 3. The second-order valence-corrected chi connectivity index (χ2v) is 7.83. The minimum absolute atomic E-state index is 0.309. The molecule has 4 rings (SSSR count). The Hall–Kier alpha value is -4.28. The van der Waals surface area contributed by atoms with E-state index in [1.165, 1.54) is 6.07 Å². The lowest BCUT2D eigenvalue weighted by molar-refractivity contribution is -0.137. The van der Waals surface area contributed by atoms with Crippen LogP contribution in [0.5, 0.6) is 0 Å². The minimum Gasteiger partial charge on any atom is -0.353 e. The van der Waals surface area contributed by atoms with Crippen LogP contribution >= 0.6 is 0 Å². The smallest absolute Gasteiger partial charge is 0.353 e. The fraction of sp³-hybridized carbons (Fsp3) is 0.208. The van der Waals surface area contributed by atoms with Gasteiger partial charge in [-0.15, -0.1) is 0 Å². The molecule has 4 amide bonds. The van der Waals surface area contributed by atoms with Crippen molar-refractivity contribution >= 4 is 34.9 Å². The number of halogens is 3. The van der Waals surface area contributed by atoms with E-state index < -0.39 is 17.8 Å². The number of pyridine rings is 1. The average molecular weight is 484 g/mol. The first-order valence-electron chi connectivity index (χ1n) is 10.9. The van der Waals surface area contributed by atoms with Gasteiger partial charge in [0.15, 0.2) is 0 Å². The van der Waals surface area contributed by atoms with Crippen molar-refractivity contribution in [3.63, 3.8) is 0 Å². The van der Waals surface area contributed by atoms with Gasteiger partial charge in [0.25, 0.3) is 0 Å². The zero-order chi connectivity index (χ0) is 24.8. The third-order valence-electron chi connectivity index (χ3n) is 5.37. The van der Waals surface area contributed by atoms with Crippen LogP contribution in [0.3, 0.4) is 0 Å². The molecule has 2 heterocycles. The van der Waals surface area contributed by atoms with Crippen molar-refractivity contribution in [1.82, 2.24) is 9.88 Å². The van der Waals surface area contributed by atoms with E-state index in [0.29, 0.717) is 49.1 Å². The zero-order valence-electron chi connectivity index (χ0n) is 18.5. The molecule has 8 nitrogen and oxygen atoms in total. The molecule has 2 aromatic carbocycles. The number of benzene rings is 2. The van der Waals surface area contributed by atoms with Crippen molar-refractivity contribution in [2.24, 2.45) is 0 Å². The van der Waals surface area contributed by atoms with E-state index in [9.17, 15) is 22.8 Å². The summed E-state index contributed by atoms with van der Waals surface area (Å²) in [5.74, 6) is 0.436. The summed E-state index contributed by atoms with van der Waals surface area (Å²) in [6, 6.07) is 17.4. The first-order chi connectivity index (χ1) is 16.8. The molecule has 11 heteroatoms. The summed E-state index contributed by atoms with van der Waals surface area (Å²) in [6.07, 6.45) is -3.61. The molecule has 0 unspecified atom stereocenters.